The Kier molecular flexibility index (Phi) is 5.61. The Balaban J connectivity index is 2.11. The molecule has 1 heterocycles. The molecule has 2 aromatic rings. The van der Waals surface area contributed by atoms with Crippen molar-refractivity contribution in [2.45, 2.75) is 12.2 Å². The molecule has 0 saturated heterocycles. The first kappa shape index (κ1) is 18.0. The minimum Gasteiger partial charge on any atom is -0.497 e. The standard InChI is InChI=1S/C16H19F3N4O/c1-23(2)13(11-4-6-12(24-3)7-5-11)10-21-15-20-9-8-14(22-15)16(17,18)19/h4-9,13H,10H2,1-3H3,(H,20,21,22). The molecule has 0 radical (unpaired) electrons. The molecule has 0 aliphatic rings. The number of hydrogen-bond donors (Lipinski definition) is 1. The van der Waals surface area contributed by atoms with E-state index in [1.807, 2.05) is 43.3 Å². The second kappa shape index (κ2) is 7.48. The number of aromatic nitrogens is 2. The molecule has 1 unspecified atom stereocenters. The van der Waals surface area contributed by atoms with Gasteiger partial charge in [-0.25, -0.2) is 9.97 Å². The Labute approximate surface area is 138 Å². The van der Waals surface area contributed by atoms with Crippen LogP contribution < -0.4 is 10.1 Å². The highest BCUT2D eigenvalue weighted by molar-refractivity contribution is 5.32. The zero-order valence-electron chi connectivity index (χ0n) is 13.6. The summed E-state index contributed by atoms with van der Waals surface area (Å²) in [6.45, 7) is 0.362. The van der Waals surface area contributed by atoms with Gasteiger partial charge in [-0.1, -0.05) is 12.1 Å². The van der Waals surface area contributed by atoms with E-state index >= 15 is 0 Å². The third-order valence-electron chi connectivity index (χ3n) is 3.52. The van der Waals surface area contributed by atoms with Crippen LogP contribution in [0.3, 0.4) is 0 Å². The smallest absolute Gasteiger partial charge is 0.433 e. The lowest BCUT2D eigenvalue weighted by Crippen LogP contribution is -2.27. The summed E-state index contributed by atoms with van der Waals surface area (Å²) in [5.74, 6) is 0.690. The first-order valence-corrected chi connectivity index (χ1v) is 7.25. The summed E-state index contributed by atoms with van der Waals surface area (Å²) >= 11 is 0. The Morgan fingerprint density at radius 3 is 2.38 bits per heavy atom. The van der Waals surface area contributed by atoms with Crippen LogP contribution in [-0.4, -0.2) is 42.6 Å². The first-order chi connectivity index (χ1) is 11.3. The Morgan fingerprint density at radius 1 is 1.17 bits per heavy atom. The van der Waals surface area contributed by atoms with Crippen LogP contribution in [0.2, 0.25) is 0 Å². The van der Waals surface area contributed by atoms with Gasteiger partial charge in [-0.2, -0.15) is 13.2 Å². The van der Waals surface area contributed by atoms with Crippen LogP contribution in [0.15, 0.2) is 36.5 Å². The Bertz CT molecular complexity index is 659. The van der Waals surface area contributed by atoms with Crippen LogP contribution in [0.25, 0.3) is 0 Å². The number of hydrogen-bond acceptors (Lipinski definition) is 5. The summed E-state index contributed by atoms with van der Waals surface area (Å²) < 4.78 is 43.2. The lowest BCUT2D eigenvalue weighted by Gasteiger charge is -2.25. The predicted octanol–water partition coefficient (Wildman–Crippen LogP) is 3.22. The van der Waals surface area contributed by atoms with Crippen LogP contribution >= 0.6 is 0 Å². The molecule has 1 atom stereocenters. The highest BCUT2D eigenvalue weighted by Gasteiger charge is 2.32. The molecule has 1 aromatic carbocycles. The molecule has 0 saturated carbocycles. The van der Waals surface area contributed by atoms with Gasteiger partial charge in [0.25, 0.3) is 0 Å². The highest BCUT2D eigenvalue weighted by atomic mass is 19.4. The summed E-state index contributed by atoms with van der Waals surface area (Å²) in [6, 6.07) is 8.29. The van der Waals surface area contributed by atoms with Crippen molar-refractivity contribution >= 4 is 5.95 Å². The topological polar surface area (TPSA) is 50.3 Å². The molecule has 1 aromatic heterocycles. The van der Waals surface area contributed by atoms with E-state index in [9.17, 15) is 13.2 Å². The van der Waals surface area contributed by atoms with Crippen LogP contribution in [0.4, 0.5) is 19.1 Å². The van der Waals surface area contributed by atoms with Crippen LogP contribution in [0.1, 0.15) is 17.3 Å². The number of alkyl halides is 3. The summed E-state index contributed by atoms with van der Waals surface area (Å²) in [5, 5.41) is 2.87. The van der Waals surface area contributed by atoms with Crippen LogP contribution in [0.5, 0.6) is 5.75 Å². The van der Waals surface area contributed by atoms with Crippen molar-refractivity contribution in [2.75, 3.05) is 33.1 Å². The van der Waals surface area contributed by atoms with E-state index in [1.54, 1.807) is 7.11 Å². The number of halogens is 3. The van der Waals surface area contributed by atoms with Gasteiger partial charge in [0.15, 0.2) is 0 Å². The third kappa shape index (κ3) is 4.58. The lowest BCUT2D eigenvalue weighted by molar-refractivity contribution is -0.141. The molecule has 0 aliphatic carbocycles. The van der Waals surface area contributed by atoms with Gasteiger partial charge >= 0.3 is 6.18 Å². The molecular formula is C16H19F3N4O. The van der Waals surface area contributed by atoms with E-state index in [4.69, 9.17) is 4.74 Å². The quantitative estimate of drug-likeness (QED) is 0.875. The average Bonchev–Trinajstić information content (AvgIpc) is 2.55. The number of nitrogens with one attached hydrogen (secondary N) is 1. The van der Waals surface area contributed by atoms with Gasteiger partial charge in [-0.15, -0.1) is 0 Å². The monoisotopic (exact) mass is 340 g/mol. The maximum absolute atomic E-state index is 12.7. The van der Waals surface area contributed by atoms with Crippen molar-refractivity contribution in [3.63, 3.8) is 0 Å². The SMILES string of the molecule is COc1ccc(C(CNc2nccc(C(F)(F)F)n2)N(C)C)cc1. The first-order valence-electron chi connectivity index (χ1n) is 7.25. The minimum absolute atomic E-state index is 0.0508. The number of methoxy groups -OCH3 is 1. The molecule has 0 spiro atoms. The number of nitrogens with zero attached hydrogens (tertiary/aromatic N) is 3. The van der Waals surface area contributed by atoms with Gasteiger partial charge < -0.3 is 15.0 Å². The largest absolute Gasteiger partial charge is 0.497 e. The van der Waals surface area contributed by atoms with Gasteiger partial charge in [0, 0.05) is 12.7 Å². The van der Waals surface area contributed by atoms with Gasteiger partial charge in [0.2, 0.25) is 5.95 Å². The van der Waals surface area contributed by atoms with Crippen molar-refractivity contribution in [3.05, 3.63) is 47.8 Å². The highest BCUT2D eigenvalue weighted by Crippen LogP contribution is 2.28. The molecule has 2 rings (SSSR count). The molecule has 24 heavy (non-hydrogen) atoms. The molecular weight excluding hydrogens is 321 g/mol. The summed E-state index contributed by atoms with van der Waals surface area (Å²) in [6.07, 6.45) is -3.40. The van der Waals surface area contributed by atoms with Gasteiger partial charge in [0.1, 0.15) is 11.4 Å². The van der Waals surface area contributed by atoms with Crippen molar-refractivity contribution in [2.24, 2.45) is 0 Å². The number of ether oxygens (including phenoxy) is 1. The van der Waals surface area contributed by atoms with Crippen molar-refractivity contribution in [3.8, 4) is 5.75 Å². The van der Waals surface area contributed by atoms with E-state index in [0.717, 1.165) is 23.6 Å². The number of anilines is 1. The lowest BCUT2D eigenvalue weighted by atomic mass is 10.1. The van der Waals surface area contributed by atoms with E-state index in [0.29, 0.717) is 6.54 Å². The van der Waals surface area contributed by atoms with Gasteiger partial charge in [-0.3, -0.25) is 0 Å². The maximum atomic E-state index is 12.7. The zero-order chi connectivity index (χ0) is 17.7. The number of rotatable bonds is 6. The van der Waals surface area contributed by atoms with Crippen molar-refractivity contribution in [1.82, 2.24) is 14.9 Å². The van der Waals surface area contributed by atoms with Gasteiger partial charge in [-0.05, 0) is 37.9 Å². The molecule has 0 fully saturated rings. The maximum Gasteiger partial charge on any atom is 0.433 e. The van der Waals surface area contributed by atoms with Crippen LogP contribution in [0, 0.1) is 0 Å². The molecule has 5 nitrogen and oxygen atoms in total. The minimum atomic E-state index is -4.49. The van der Waals surface area contributed by atoms with E-state index in [-0.39, 0.29) is 12.0 Å². The fourth-order valence-electron chi connectivity index (χ4n) is 2.21. The zero-order valence-corrected chi connectivity index (χ0v) is 13.6. The summed E-state index contributed by atoms with van der Waals surface area (Å²) in [5.41, 5.74) is 0.0335. The average molecular weight is 340 g/mol. The van der Waals surface area contributed by atoms with Crippen molar-refractivity contribution < 1.29 is 17.9 Å². The number of likely N-dealkylation sites (N-methyl/N-ethyl adjacent to an activating group) is 1. The predicted molar refractivity (Wildman–Crippen MR) is 84.9 cm³/mol. The molecule has 0 aliphatic heterocycles. The van der Waals surface area contributed by atoms with Gasteiger partial charge in [0.05, 0.1) is 13.2 Å². The van der Waals surface area contributed by atoms with E-state index < -0.39 is 11.9 Å². The fourth-order valence-corrected chi connectivity index (χ4v) is 2.21. The second-order valence-corrected chi connectivity index (χ2v) is 5.40. The summed E-state index contributed by atoms with van der Waals surface area (Å²) in [4.78, 5) is 9.32. The fraction of sp³-hybridized carbons (Fsp3) is 0.375. The molecule has 0 amide bonds. The van der Waals surface area contributed by atoms with Crippen molar-refractivity contribution in [1.29, 1.82) is 0 Å². The second-order valence-electron chi connectivity index (χ2n) is 5.40. The van der Waals surface area contributed by atoms with Crippen LogP contribution in [-0.2, 0) is 6.18 Å². The Hall–Kier alpha value is -2.35. The normalized spacial score (nSPS) is 13.0. The van der Waals surface area contributed by atoms with E-state index in [1.165, 1.54) is 0 Å². The Morgan fingerprint density at radius 2 is 1.83 bits per heavy atom. The van der Waals surface area contributed by atoms with E-state index in [2.05, 4.69) is 15.3 Å². The molecule has 8 heteroatoms. The molecule has 0 bridgehead atoms. The molecule has 1 N–H and O–H groups in total. The molecule has 130 valence electrons. The summed E-state index contributed by atoms with van der Waals surface area (Å²) in [7, 11) is 5.37. The number of benzene rings is 1. The third-order valence-corrected chi connectivity index (χ3v) is 3.52.